The zero-order valence-electron chi connectivity index (χ0n) is 7.79. The van der Waals surface area contributed by atoms with Gasteiger partial charge in [-0.25, -0.2) is 0 Å². The quantitative estimate of drug-likeness (QED) is 0.441. The molecule has 3 heteroatoms. The second-order valence-electron chi connectivity index (χ2n) is 2.40. The molecule has 0 aromatic heterocycles. The van der Waals surface area contributed by atoms with Crippen LogP contribution in [0.15, 0.2) is 29.5 Å². The Morgan fingerprint density at radius 3 is 2.83 bits per heavy atom. The molecule has 3 nitrogen and oxygen atoms in total. The lowest BCUT2D eigenvalue weighted by molar-refractivity contribution is 0.175. The molecule has 0 radical (unpaired) electrons. The minimum atomic E-state index is 0.699. The number of rotatable bonds is 6. The van der Waals surface area contributed by atoms with Crippen LogP contribution in [0.1, 0.15) is 0 Å². The van der Waals surface area contributed by atoms with E-state index in [1.807, 2.05) is 18.0 Å². The highest BCUT2D eigenvalue weighted by Gasteiger charge is 1.96. The van der Waals surface area contributed by atoms with Crippen LogP contribution in [0.3, 0.4) is 0 Å². The molecule has 0 aliphatic heterocycles. The Bertz CT molecular complexity index is 175. The first-order valence-electron chi connectivity index (χ1n) is 3.73. The minimum absolute atomic E-state index is 0.699. The first-order chi connectivity index (χ1) is 5.72. The lowest BCUT2D eigenvalue weighted by Gasteiger charge is -2.18. The average Bonchev–Trinajstić information content (AvgIpc) is 2.10. The number of methoxy groups -OCH3 is 1. The van der Waals surface area contributed by atoms with E-state index in [1.54, 1.807) is 13.3 Å². The van der Waals surface area contributed by atoms with Crippen LogP contribution in [0.2, 0.25) is 0 Å². The molecule has 0 aliphatic carbocycles. The van der Waals surface area contributed by atoms with Crippen molar-refractivity contribution >= 4 is 6.72 Å². The fourth-order valence-corrected chi connectivity index (χ4v) is 0.638. The molecule has 12 heavy (non-hydrogen) atoms. The van der Waals surface area contributed by atoms with Crippen LogP contribution in [0.4, 0.5) is 0 Å². The summed E-state index contributed by atoms with van der Waals surface area (Å²) in [7, 11) is 3.63. The summed E-state index contributed by atoms with van der Waals surface area (Å²) in [5, 5.41) is 0. The Labute approximate surface area is 74.0 Å². The third-order valence-corrected chi connectivity index (χ3v) is 1.49. The summed E-state index contributed by atoms with van der Waals surface area (Å²) in [5.74, 6) is 0. The van der Waals surface area contributed by atoms with E-state index in [2.05, 4.69) is 18.3 Å². The van der Waals surface area contributed by atoms with E-state index in [4.69, 9.17) is 4.74 Å². The Balaban J connectivity index is 3.76. The predicted octanol–water partition coefficient (Wildman–Crippen LogP) is 1.29. The summed E-state index contributed by atoms with van der Waals surface area (Å²) in [6.07, 6.45) is 3.42. The maximum atomic E-state index is 4.92. The van der Waals surface area contributed by atoms with Gasteiger partial charge in [0.25, 0.3) is 0 Å². The number of nitrogens with zero attached hydrogens (tertiary/aromatic N) is 2. The third kappa shape index (κ3) is 4.68. The van der Waals surface area contributed by atoms with Crippen molar-refractivity contribution in [2.24, 2.45) is 4.99 Å². The van der Waals surface area contributed by atoms with Gasteiger partial charge < -0.3 is 9.64 Å². The highest BCUT2D eigenvalue weighted by atomic mass is 16.5. The standard InChI is InChI=1S/C9H16N2O/c1-9(5-6-10-2)11(3)7-8-12-4/h5-6H,1-2,7-8H2,3-4H3/b6-5-. The monoisotopic (exact) mass is 168 g/mol. The minimum Gasteiger partial charge on any atom is -0.383 e. The second kappa shape index (κ2) is 6.61. The topological polar surface area (TPSA) is 24.8 Å². The molecule has 0 bridgehead atoms. The van der Waals surface area contributed by atoms with Crippen molar-refractivity contribution in [1.29, 1.82) is 0 Å². The van der Waals surface area contributed by atoms with Crippen LogP contribution >= 0.6 is 0 Å². The maximum Gasteiger partial charge on any atom is 0.0637 e. The molecule has 0 heterocycles. The van der Waals surface area contributed by atoms with Crippen LogP contribution in [0.5, 0.6) is 0 Å². The molecule has 0 aliphatic rings. The molecule has 0 amide bonds. The Kier molecular flexibility index (Phi) is 6.01. The molecule has 0 spiro atoms. The van der Waals surface area contributed by atoms with Crippen LogP contribution in [-0.4, -0.2) is 38.9 Å². The van der Waals surface area contributed by atoms with Gasteiger partial charge in [-0.15, -0.1) is 0 Å². The average molecular weight is 168 g/mol. The number of allylic oxidation sites excluding steroid dienone is 1. The summed E-state index contributed by atoms with van der Waals surface area (Å²) >= 11 is 0. The molecule has 0 aromatic rings. The van der Waals surface area contributed by atoms with Gasteiger partial charge >= 0.3 is 0 Å². The van der Waals surface area contributed by atoms with Crippen molar-refractivity contribution in [2.45, 2.75) is 0 Å². The SMILES string of the molecule is C=N/C=C\C(=C)N(C)CCOC. The van der Waals surface area contributed by atoms with Gasteiger partial charge in [-0.2, -0.15) is 0 Å². The van der Waals surface area contributed by atoms with Crippen molar-refractivity contribution in [3.63, 3.8) is 0 Å². The van der Waals surface area contributed by atoms with Crippen LogP contribution < -0.4 is 0 Å². The van der Waals surface area contributed by atoms with Crippen LogP contribution in [0, 0.1) is 0 Å². The number of likely N-dealkylation sites (N-methyl/N-ethyl adjacent to an activating group) is 1. The first kappa shape index (κ1) is 10.9. The smallest absolute Gasteiger partial charge is 0.0637 e. The lowest BCUT2D eigenvalue weighted by Crippen LogP contribution is -2.20. The maximum absolute atomic E-state index is 4.92. The van der Waals surface area contributed by atoms with E-state index in [0.717, 1.165) is 12.2 Å². The Morgan fingerprint density at radius 2 is 2.33 bits per heavy atom. The van der Waals surface area contributed by atoms with Gasteiger partial charge in [0, 0.05) is 32.6 Å². The van der Waals surface area contributed by atoms with Crippen molar-refractivity contribution in [1.82, 2.24) is 4.90 Å². The van der Waals surface area contributed by atoms with Gasteiger partial charge in [0.1, 0.15) is 0 Å². The normalized spacial score (nSPS) is 10.2. The molecular formula is C9H16N2O. The summed E-state index contributed by atoms with van der Waals surface area (Å²) in [6, 6.07) is 0. The largest absolute Gasteiger partial charge is 0.383 e. The Hall–Kier alpha value is -1.09. The predicted molar refractivity (Wildman–Crippen MR) is 52.3 cm³/mol. The first-order valence-corrected chi connectivity index (χ1v) is 3.73. The summed E-state index contributed by atoms with van der Waals surface area (Å²) in [4.78, 5) is 5.58. The molecule has 0 rings (SSSR count). The van der Waals surface area contributed by atoms with Crippen molar-refractivity contribution in [3.05, 3.63) is 24.6 Å². The molecule has 0 aromatic carbocycles. The van der Waals surface area contributed by atoms with E-state index in [0.29, 0.717) is 6.61 Å². The molecule has 0 N–H and O–H groups in total. The second-order valence-corrected chi connectivity index (χ2v) is 2.40. The fourth-order valence-electron chi connectivity index (χ4n) is 0.638. The highest BCUT2D eigenvalue weighted by Crippen LogP contribution is 1.99. The molecule has 0 atom stereocenters. The van der Waals surface area contributed by atoms with Crippen LogP contribution in [-0.2, 0) is 4.74 Å². The number of ether oxygens (including phenoxy) is 1. The van der Waals surface area contributed by atoms with Gasteiger partial charge in [0.15, 0.2) is 0 Å². The van der Waals surface area contributed by atoms with Gasteiger partial charge in [-0.3, -0.25) is 4.99 Å². The third-order valence-electron chi connectivity index (χ3n) is 1.49. The summed E-state index contributed by atoms with van der Waals surface area (Å²) < 4.78 is 4.92. The molecule has 68 valence electrons. The number of hydrogen-bond donors (Lipinski definition) is 0. The molecule has 0 saturated heterocycles. The molecule has 0 unspecified atom stereocenters. The van der Waals surface area contributed by atoms with E-state index in [-0.39, 0.29) is 0 Å². The Morgan fingerprint density at radius 1 is 1.67 bits per heavy atom. The van der Waals surface area contributed by atoms with E-state index < -0.39 is 0 Å². The van der Waals surface area contributed by atoms with Crippen molar-refractivity contribution in [3.8, 4) is 0 Å². The summed E-state index contributed by atoms with van der Waals surface area (Å²) in [6.45, 7) is 8.70. The van der Waals surface area contributed by atoms with Crippen LogP contribution in [0.25, 0.3) is 0 Å². The lowest BCUT2D eigenvalue weighted by atomic mass is 10.4. The molecule has 0 fully saturated rings. The summed E-state index contributed by atoms with van der Waals surface area (Å²) in [5.41, 5.74) is 0.902. The zero-order valence-corrected chi connectivity index (χ0v) is 7.79. The van der Waals surface area contributed by atoms with E-state index in [9.17, 15) is 0 Å². The van der Waals surface area contributed by atoms with E-state index >= 15 is 0 Å². The fraction of sp³-hybridized carbons (Fsp3) is 0.444. The van der Waals surface area contributed by atoms with Gasteiger partial charge in [-0.1, -0.05) is 6.58 Å². The van der Waals surface area contributed by atoms with Gasteiger partial charge in [0.2, 0.25) is 0 Å². The highest BCUT2D eigenvalue weighted by molar-refractivity contribution is 5.27. The molecule has 0 saturated carbocycles. The van der Waals surface area contributed by atoms with Crippen molar-refractivity contribution in [2.75, 3.05) is 27.3 Å². The van der Waals surface area contributed by atoms with E-state index in [1.165, 1.54) is 0 Å². The molecular weight excluding hydrogens is 152 g/mol. The van der Waals surface area contributed by atoms with Gasteiger partial charge in [-0.05, 0) is 12.8 Å². The van der Waals surface area contributed by atoms with Crippen molar-refractivity contribution < 1.29 is 4.74 Å². The number of hydrogen-bond acceptors (Lipinski definition) is 3. The zero-order chi connectivity index (χ0) is 9.40. The number of aliphatic imine (C=N–C) groups is 1. The van der Waals surface area contributed by atoms with Gasteiger partial charge in [0.05, 0.1) is 6.61 Å².